The molecule has 4 nitrogen and oxygen atoms in total. The van der Waals surface area contributed by atoms with Gasteiger partial charge in [0.2, 0.25) is 0 Å². The second-order valence-corrected chi connectivity index (χ2v) is 3.93. The summed E-state index contributed by atoms with van der Waals surface area (Å²) < 4.78 is 7.10. The zero-order valence-corrected chi connectivity index (χ0v) is 10.2. The van der Waals surface area contributed by atoms with Crippen molar-refractivity contribution in [1.29, 1.82) is 0 Å². The fourth-order valence-corrected chi connectivity index (χ4v) is 1.57. The molecule has 1 aromatic carbocycles. The van der Waals surface area contributed by atoms with Crippen molar-refractivity contribution in [2.45, 2.75) is 12.8 Å². The zero-order valence-electron chi connectivity index (χ0n) is 9.42. The summed E-state index contributed by atoms with van der Waals surface area (Å²) in [5, 5.41) is 4.23. The quantitative estimate of drug-likeness (QED) is 0.585. The molecule has 90 valence electrons. The molecule has 0 spiro atoms. The highest BCUT2D eigenvalue weighted by Crippen LogP contribution is 2.08. The van der Waals surface area contributed by atoms with Gasteiger partial charge in [0.25, 0.3) is 0 Å². The van der Waals surface area contributed by atoms with E-state index in [9.17, 15) is 0 Å². The first-order chi connectivity index (χ1) is 8.40. The second-order valence-electron chi connectivity index (χ2n) is 3.55. The van der Waals surface area contributed by atoms with Gasteiger partial charge in [0, 0.05) is 5.88 Å². The number of rotatable bonds is 6. The Morgan fingerprint density at radius 2 is 2.00 bits per heavy atom. The molecule has 0 N–H and O–H groups in total. The molecule has 1 heterocycles. The maximum Gasteiger partial charge on any atom is 0.335 e. The molecule has 17 heavy (non-hydrogen) atoms. The molecule has 2 rings (SSSR count). The minimum Gasteiger partial charge on any atom is -0.462 e. The Kier molecular flexibility index (Phi) is 4.38. The molecular weight excluding hydrogens is 238 g/mol. The third-order valence-electron chi connectivity index (χ3n) is 2.25. The Morgan fingerprint density at radius 3 is 2.76 bits per heavy atom. The molecule has 0 bridgehead atoms. The van der Waals surface area contributed by atoms with E-state index in [1.165, 1.54) is 0 Å². The van der Waals surface area contributed by atoms with E-state index in [-0.39, 0.29) is 0 Å². The number of halogens is 1. The van der Waals surface area contributed by atoms with Crippen LogP contribution in [0.3, 0.4) is 0 Å². The SMILES string of the molecule is ClCCCCOc1ncn(-c2ccccc2)n1. The first-order valence-corrected chi connectivity index (χ1v) is 6.09. The van der Waals surface area contributed by atoms with Crippen molar-refractivity contribution in [3.63, 3.8) is 0 Å². The number of alkyl halides is 1. The second kappa shape index (κ2) is 6.25. The summed E-state index contributed by atoms with van der Waals surface area (Å²) in [5.41, 5.74) is 0.968. The minimum absolute atomic E-state index is 0.406. The first-order valence-electron chi connectivity index (χ1n) is 5.56. The van der Waals surface area contributed by atoms with Gasteiger partial charge in [-0.25, -0.2) is 4.68 Å². The number of aromatic nitrogens is 3. The van der Waals surface area contributed by atoms with Gasteiger partial charge in [0.15, 0.2) is 0 Å². The van der Waals surface area contributed by atoms with Gasteiger partial charge in [-0.05, 0) is 25.0 Å². The van der Waals surface area contributed by atoms with Crippen molar-refractivity contribution < 1.29 is 4.74 Å². The molecule has 0 saturated heterocycles. The average molecular weight is 252 g/mol. The zero-order chi connectivity index (χ0) is 11.9. The van der Waals surface area contributed by atoms with Gasteiger partial charge in [0.05, 0.1) is 12.3 Å². The predicted molar refractivity (Wildman–Crippen MR) is 66.8 cm³/mol. The normalized spacial score (nSPS) is 10.4. The van der Waals surface area contributed by atoms with Gasteiger partial charge in [0.1, 0.15) is 6.33 Å². The summed E-state index contributed by atoms with van der Waals surface area (Å²) in [5.74, 6) is 0.662. The molecule has 0 amide bonds. The smallest absolute Gasteiger partial charge is 0.335 e. The number of hydrogen-bond donors (Lipinski definition) is 0. The maximum absolute atomic E-state index is 5.58. The van der Waals surface area contributed by atoms with Crippen LogP contribution in [0.15, 0.2) is 36.7 Å². The Hall–Kier alpha value is -1.55. The first kappa shape index (κ1) is 11.9. The molecule has 0 unspecified atom stereocenters. The summed E-state index contributed by atoms with van der Waals surface area (Å²) in [4.78, 5) is 4.09. The number of ether oxygens (including phenoxy) is 1. The summed E-state index contributed by atoms with van der Waals surface area (Å²) in [6.07, 6.45) is 3.51. The van der Waals surface area contributed by atoms with Gasteiger partial charge in [-0.3, -0.25) is 0 Å². The van der Waals surface area contributed by atoms with Crippen molar-refractivity contribution in [1.82, 2.24) is 14.8 Å². The number of para-hydroxylation sites is 1. The maximum atomic E-state index is 5.58. The molecule has 0 fully saturated rings. The van der Waals surface area contributed by atoms with Gasteiger partial charge in [-0.2, -0.15) is 4.98 Å². The predicted octanol–water partition coefficient (Wildman–Crippen LogP) is 2.67. The van der Waals surface area contributed by atoms with Crippen molar-refractivity contribution in [2.24, 2.45) is 0 Å². The highest BCUT2D eigenvalue weighted by molar-refractivity contribution is 6.17. The highest BCUT2D eigenvalue weighted by atomic mass is 35.5. The van der Waals surface area contributed by atoms with E-state index in [1.807, 2.05) is 30.3 Å². The Morgan fingerprint density at radius 1 is 1.18 bits per heavy atom. The van der Waals surface area contributed by atoms with Gasteiger partial charge in [-0.15, -0.1) is 16.7 Å². The number of unbranched alkanes of at least 4 members (excludes halogenated alkanes) is 1. The van der Waals surface area contributed by atoms with Crippen molar-refractivity contribution in [2.75, 3.05) is 12.5 Å². The Labute approximate surface area is 105 Å². The summed E-state index contributed by atoms with van der Waals surface area (Å²) in [6.45, 7) is 0.603. The Balaban J connectivity index is 1.92. The average Bonchev–Trinajstić information content (AvgIpc) is 2.85. The lowest BCUT2D eigenvalue weighted by Gasteiger charge is -2.00. The topological polar surface area (TPSA) is 39.9 Å². The van der Waals surface area contributed by atoms with Crippen LogP contribution in [0.5, 0.6) is 6.01 Å². The van der Waals surface area contributed by atoms with E-state index in [4.69, 9.17) is 16.3 Å². The molecule has 0 aliphatic heterocycles. The van der Waals surface area contributed by atoms with Crippen LogP contribution >= 0.6 is 11.6 Å². The van der Waals surface area contributed by atoms with E-state index >= 15 is 0 Å². The van der Waals surface area contributed by atoms with Crippen LogP contribution in [0.25, 0.3) is 5.69 Å². The van der Waals surface area contributed by atoms with E-state index in [2.05, 4.69) is 10.1 Å². The molecule has 5 heteroatoms. The van der Waals surface area contributed by atoms with Crippen molar-refractivity contribution >= 4 is 11.6 Å². The van der Waals surface area contributed by atoms with Crippen LogP contribution in [0.2, 0.25) is 0 Å². The summed E-state index contributed by atoms with van der Waals surface area (Å²) in [7, 11) is 0. The molecule has 2 aromatic rings. The molecule has 0 aliphatic carbocycles. The highest BCUT2D eigenvalue weighted by Gasteiger charge is 2.02. The standard InChI is InChI=1S/C12H14ClN3O/c13-8-4-5-9-17-12-14-10-16(15-12)11-6-2-1-3-7-11/h1-3,6-7,10H,4-5,8-9H2. The number of hydrogen-bond acceptors (Lipinski definition) is 3. The molecule has 0 aliphatic rings. The van der Waals surface area contributed by atoms with E-state index in [1.54, 1.807) is 11.0 Å². The van der Waals surface area contributed by atoms with Gasteiger partial charge in [-0.1, -0.05) is 18.2 Å². The minimum atomic E-state index is 0.406. The van der Waals surface area contributed by atoms with Crippen LogP contribution in [-0.2, 0) is 0 Å². The molecule has 0 atom stereocenters. The third-order valence-corrected chi connectivity index (χ3v) is 2.52. The fraction of sp³-hybridized carbons (Fsp3) is 0.333. The van der Waals surface area contributed by atoms with E-state index < -0.39 is 0 Å². The van der Waals surface area contributed by atoms with E-state index in [0.29, 0.717) is 18.5 Å². The lowest BCUT2D eigenvalue weighted by atomic mass is 10.3. The monoisotopic (exact) mass is 251 g/mol. The van der Waals surface area contributed by atoms with Crippen LogP contribution in [0.4, 0.5) is 0 Å². The van der Waals surface area contributed by atoms with Crippen LogP contribution < -0.4 is 4.74 Å². The molecule has 0 radical (unpaired) electrons. The van der Waals surface area contributed by atoms with E-state index in [0.717, 1.165) is 18.5 Å². The molecule has 0 saturated carbocycles. The lowest BCUT2D eigenvalue weighted by Crippen LogP contribution is -2.00. The molecular formula is C12H14ClN3O. The molecule has 1 aromatic heterocycles. The van der Waals surface area contributed by atoms with Crippen molar-refractivity contribution in [3.8, 4) is 11.7 Å². The summed E-state index contributed by atoms with van der Waals surface area (Å²) >= 11 is 5.58. The van der Waals surface area contributed by atoms with Crippen LogP contribution in [-0.4, -0.2) is 27.3 Å². The van der Waals surface area contributed by atoms with Gasteiger partial charge >= 0.3 is 6.01 Å². The summed E-state index contributed by atoms with van der Waals surface area (Å²) in [6, 6.07) is 10.2. The lowest BCUT2D eigenvalue weighted by molar-refractivity contribution is 0.285. The van der Waals surface area contributed by atoms with Crippen LogP contribution in [0.1, 0.15) is 12.8 Å². The number of nitrogens with zero attached hydrogens (tertiary/aromatic N) is 3. The largest absolute Gasteiger partial charge is 0.462 e. The van der Waals surface area contributed by atoms with Crippen LogP contribution in [0, 0.1) is 0 Å². The van der Waals surface area contributed by atoms with Crippen molar-refractivity contribution in [3.05, 3.63) is 36.7 Å². The fourth-order valence-electron chi connectivity index (χ4n) is 1.38. The Bertz CT molecular complexity index is 444. The number of benzene rings is 1. The van der Waals surface area contributed by atoms with Gasteiger partial charge < -0.3 is 4.74 Å². The third kappa shape index (κ3) is 3.46.